The van der Waals surface area contributed by atoms with Crippen molar-refractivity contribution in [3.05, 3.63) is 70.9 Å². The summed E-state index contributed by atoms with van der Waals surface area (Å²) in [6, 6.07) is 7.47. The molecule has 0 fully saturated rings. The number of anilines is 2. The molecular formula is C23H24F2N4O4. The number of hydrogen-bond donors (Lipinski definition) is 3. The number of carbonyl (C=O) groups is 3. The predicted molar refractivity (Wildman–Crippen MR) is 118 cm³/mol. The zero-order valence-corrected chi connectivity index (χ0v) is 18.4. The first kappa shape index (κ1) is 23.7. The lowest BCUT2D eigenvalue weighted by molar-refractivity contribution is -0.136. The predicted octanol–water partition coefficient (Wildman–Crippen LogP) is 4.53. The van der Waals surface area contributed by atoms with Gasteiger partial charge < -0.3 is 20.7 Å². The molecule has 4 amide bonds. The molecule has 3 rings (SSSR count). The van der Waals surface area contributed by atoms with Gasteiger partial charge in [-0.15, -0.1) is 0 Å². The van der Waals surface area contributed by atoms with E-state index in [4.69, 9.17) is 4.74 Å². The summed E-state index contributed by atoms with van der Waals surface area (Å²) >= 11 is 0. The van der Waals surface area contributed by atoms with Crippen LogP contribution < -0.4 is 16.0 Å². The van der Waals surface area contributed by atoms with Gasteiger partial charge in [0.2, 0.25) is 0 Å². The summed E-state index contributed by atoms with van der Waals surface area (Å²) < 4.78 is 31.6. The molecule has 0 unspecified atom stereocenters. The van der Waals surface area contributed by atoms with Crippen LogP contribution in [0.2, 0.25) is 0 Å². The average molecular weight is 458 g/mol. The number of rotatable bonds is 6. The number of nitrogens with zero attached hydrogens (tertiary/aromatic N) is 1. The van der Waals surface area contributed by atoms with Crippen LogP contribution in [0.3, 0.4) is 0 Å². The van der Waals surface area contributed by atoms with Crippen molar-refractivity contribution in [1.29, 1.82) is 0 Å². The van der Waals surface area contributed by atoms with Crippen molar-refractivity contribution in [2.45, 2.75) is 26.3 Å². The fourth-order valence-corrected chi connectivity index (χ4v) is 3.53. The van der Waals surface area contributed by atoms with Crippen molar-refractivity contribution in [2.24, 2.45) is 0 Å². The summed E-state index contributed by atoms with van der Waals surface area (Å²) in [5.41, 5.74) is 1.65. The van der Waals surface area contributed by atoms with Gasteiger partial charge in [0.15, 0.2) is 0 Å². The van der Waals surface area contributed by atoms with E-state index in [0.717, 1.165) is 12.1 Å². The van der Waals surface area contributed by atoms with Crippen LogP contribution in [0.1, 0.15) is 31.9 Å². The molecule has 8 nitrogen and oxygen atoms in total. The molecule has 2 aromatic carbocycles. The van der Waals surface area contributed by atoms with Crippen LogP contribution >= 0.6 is 0 Å². The molecule has 2 aromatic rings. The highest BCUT2D eigenvalue weighted by Gasteiger charge is 2.35. The number of carbonyl (C=O) groups excluding carboxylic acids is 3. The number of nitrogens with one attached hydrogen (secondary N) is 3. The summed E-state index contributed by atoms with van der Waals surface area (Å²) in [5.74, 6) is -2.21. The van der Waals surface area contributed by atoms with Gasteiger partial charge in [-0.05, 0) is 43.2 Å². The van der Waals surface area contributed by atoms with E-state index in [9.17, 15) is 23.2 Å². The van der Waals surface area contributed by atoms with Gasteiger partial charge in [-0.3, -0.25) is 4.90 Å². The van der Waals surface area contributed by atoms with Crippen molar-refractivity contribution in [1.82, 2.24) is 10.2 Å². The molecule has 0 aliphatic carbocycles. The van der Waals surface area contributed by atoms with E-state index in [1.807, 2.05) is 6.92 Å². The van der Waals surface area contributed by atoms with Crippen LogP contribution in [-0.2, 0) is 9.53 Å². The molecular weight excluding hydrogens is 434 g/mol. The number of amides is 4. The molecule has 33 heavy (non-hydrogen) atoms. The molecule has 0 saturated carbocycles. The molecule has 0 radical (unpaired) electrons. The molecule has 1 aliphatic rings. The highest BCUT2D eigenvalue weighted by Crippen LogP contribution is 2.32. The fourth-order valence-electron chi connectivity index (χ4n) is 3.53. The van der Waals surface area contributed by atoms with E-state index in [1.165, 1.54) is 12.0 Å². The maximum absolute atomic E-state index is 13.7. The van der Waals surface area contributed by atoms with Crippen LogP contribution in [-0.4, -0.2) is 36.6 Å². The lowest BCUT2D eigenvalue weighted by Crippen LogP contribution is -2.48. The van der Waals surface area contributed by atoms with Gasteiger partial charge in [0.05, 0.1) is 24.4 Å². The minimum Gasteiger partial charge on any atom is -0.466 e. The average Bonchev–Trinajstić information content (AvgIpc) is 2.78. The van der Waals surface area contributed by atoms with Crippen LogP contribution in [0.15, 0.2) is 53.7 Å². The van der Waals surface area contributed by atoms with Gasteiger partial charge in [-0.2, -0.15) is 0 Å². The highest BCUT2D eigenvalue weighted by atomic mass is 19.1. The molecule has 1 heterocycles. The van der Waals surface area contributed by atoms with Crippen LogP contribution in [0.4, 0.5) is 29.7 Å². The lowest BCUT2D eigenvalue weighted by atomic mass is 9.94. The smallest absolute Gasteiger partial charge is 0.337 e. The topological polar surface area (TPSA) is 99.8 Å². The maximum atomic E-state index is 13.7. The first-order valence-electron chi connectivity index (χ1n) is 10.2. The molecule has 0 saturated heterocycles. The first-order chi connectivity index (χ1) is 15.7. The zero-order chi connectivity index (χ0) is 24.1. The molecule has 0 bridgehead atoms. The van der Waals surface area contributed by atoms with Crippen molar-refractivity contribution >= 4 is 29.4 Å². The highest BCUT2D eigenvalue weighted by molar-refractivity contribution is 6.00. The second-order valence-electron chi connectivity index (χ2n) is 7.35. The Labute approximate surface area is 189 Å². The molecule has 0 aromatic heterocycles. The molecule has 1 atom stereocenters. The Kier molecular flexibility index (Phi) is 7.27. The Morgan fingerprint density at radius 3 is 2.42 bits per heavy atom. The Balaban J connectivity index is 1.78. The van der Waals surface area contributed by atoms with Crippen LogP contribution in [0.25, 0.3) is 0 Å². The summed E-state index contributed by atoms with van der Waals surface area (Å²) in [5, 5.41) is 7.66. The SMILES string of the molecule is CCCN1C(=O)N[C@H](c2ccc(NC(=O)Nc3ccc(F)cc3F)cc2)C(C(=O)OC)=C1C. The number of hydrogen-bond acceptors (Lipinski definition) is 4. The van der Waals surface area contributed by atoms with Gasteiger partial charge in [0, 0.05) is 24.0 Å². The molecule has 10 heteroatoms. The lowest BCUT2D eigenvalue weighted by Gasteiger charge is -2.35. The Morgan fingerprint density at radius 1 is 1.12 bits per heavy atom. The largest absolute Gasteiger partial charge is 0.466 e. The third-order valence-corrected chi connectivity index (χ3v) is 5.13. The van der Waals surface area contributed by atoms with Gasteiger partial charge in [-0.25, -0.2) is 23.2 Å². The van der Waals surface area contributed by atoms with Crippen molar-refractivity contribution in [3.8, 4) is 0 Å². The second-order valence-corrected chi connectivity index (χ2v) is 7.35. The van der Waals surface area contributed by atoms with E-state index in [-0.39, 0.29) is 11.7 Å². The summed E-state index contributed by atoms with van der Waals surface area (Å²) in [6.07, 6.45) is 0.716. The second kappa shape index (κ2) is 10.1. The third-order valence-electron chi connectivity index (χ3n) is 5.13. The quantitative estimate of drug-likeness (QED) is 0.554. The van der Waals surface area contributed by atoms with Gasteiger partial charge in [-0.1, -0.05) is 19.1 Å². The van der Waals surface area contributed by atoms with Gasteiger partial charge in [0.1, 0.15) is 11.6 Å². The van der Waals surface area contributed by atoms with Gasteiger partial charge >= 0.3 is 18.0 Å². The molecule has 174 valence electrons. The number of benzene rings is 2. The van der Waals surface area contributed by atoms with Crippen molar-refractivity contribution in [3.63, 3.8) is 0 Å². The van der Waals surface area contributed by atoms with Crippen LogP contribution in [0.5, 0.6) is 0 Å². The zero-order valence-electron chi connectivity index (χ0n) is 18.4. The summed E-state index contributed by atoms with van der Waals surface area (Å²) in [6.45, 7) is 4.08. The molecule has 1 aliphatic heterocycles. The Hall–Kier alpha value is -3.95. The Morgan fingerprint density at radius 2 is 1.82 bits per heavy atom. The Bertz CT molecular complexity index is 1100. The maximum Gasteiger partial charge on any atom is 0.337 e. The summed E-state index contributed by atoms with van der Waals surface area (Å²) in [7, 11) is 1.27. The number of ether oxygens (including phenoxy) is 1. The normalized spacial score (nSPS) is 15.7. The number of halogens is 2. The summed E-state index contributed by atoms with van der Waals surface area (Å²) in [4.78, 5) is 38.7. The van der Waals surface area contributed by atoms with Crippen molar-refractivity contribution < 1.29 is 27.9 Å². The van der Waals surface area contributed by atoms with Crippen molar-refractivity contribution in [2.75, 3.05) is 24.3 Å². The van der Waals surface area contributed by atoms with Crippen LogP contribution in [0, 0.1) is 11.6 Å². The van der Waals surface area contributed by atoms with E-state index in [2.05, 4.69) is 16.0 Å². The number of methoxy groups -OCH3 is 1. The van der Waals surface area contributed by atoms with E-state index in [1.54, 1.807) is 31.2 Å². The fraction of sp³-hybridized carbons (Fsp3) is 0.261. The number of urea groups is 2. The first-order valence-corrected chi connectivity index (χ1v) is 10.2. The number of allylic oxidation sites excluding steroid dienone is 1. The number of esters is 1. The van der Waals surface area contributed by atoms with Gasteiger partial charge in [0.25, 0.3) is 0 Å². The minimum atomic E-state index is -0.900. The van der Waals surface area contributed by atoms with E-state index >= 15 is 0 Å². The standard InChI is InChI=1S/C23H24F2N4O4/c1-4-11-29-13(2)19(21(30)33-3)20(28-23(29)32)14-5-8-16(9-6-14)26-22(31)27-18-10-7-15(24)12-17(18)25/h5-10,12,20H,4,11H2,1-3H3,(H,28,32)(H2,26,27,31)/t20-/m1/s1. The molecule has 3 N–H and O–H groups in total. The van der Waals surface area contributed by atoms with E-state index < -0.39 is 29.7 Å². The monoisotopic (exact) mass is 458 g/mol. The van der Waals surface area contributed by atoms with E-state index in [0.29, 0.717) is 41.6 Å². The molecule has 0 spiro atoms. The minimum absolute atomic E-state index is 0.171. The third kappa shape index (κ3) is 5.28.